The van der Waals surface area contributed by atoms with Crippen molar-refractivity contribution in [1.82, 2.24) is 5.32 Å². The number of esters is 1. The smallest absolute Gasteiger partial charge is 0.311 e. The van der Waals surface area contributed by atoms with Crippen LogP contribution in [0.1, 0.15) is 67.9 Å². The summed E-state index contributed by atoms with van der Waals surface area (Å²) in [6.07, 6.45) is -2.35. The zero-order valence-corrected chi connectivity index (χ0v) is 37.6. The number of carbonyl (C=O) groups excluding carboxylic acids is 2. The third kappa shape index (κ3) is 19.6. The number of rotatable bonds is 11. The molecule has 322 valence electrons. The Bertz CT molecular complexity index is 2620. The Morgan fingerprint density at radius 3 is 1.67 bits per heavy atom. The van der Waals surface area contributed by atoms with E-state index in [1.165, 1.54) is 0 Å². The first-order valence-electron chi connectivity index (χ1n) is 20.4. The summed E-state index contributed by atoms with van der Waals surface area (Å²) in [5.74, 6) is 59.0. The minimum absolute atomic E-state index is 0.0156. The Labute approximate surface area is 380 Å². The van der Waals surface area contributed by atoms with Gasteiger partial charge in [-0.2, -0.15) is 0 Å². The summed E-state index contributed by atoms with van der Waals surface area (Å²) in [4.78, 5) is 25.9. The molecule has 8 atom stereocenters. The molecule has 1 N–H and O–H groups in total. The van der Waals surface area contributed by atoms with Crippen LogP contribution in [0.2, 0.25) is 0 Å². The Balaban J connectivity index is 1.66. The Morgan fingerprint density at radius 1 is 0.672 bits per heavy atom. The molecule has 2 fully saturated rings. The van der Waals surface area contributed by atoms with E-state index in [0.717, 1.165) is 5.56 Å². The van der Waals surface area contributed by atoms with Crippen molar-refractivity contribution < 1.29 is 38.0 Å². The fraction of sp³-hybridized carbons (Fsp3) is 0.418. The minimum Gasteiger partial charge on any atom is -0.462 e. The monoisotopic (exact) mass is 851 g/mol. The number of amides is 1. The minimum atomic E-state index is -1.05. The fourth-order valence-corrected chi connectivity index (χ4v) is 5.84. The van der Waals surface area contributed by atoms with Crippen LogP contribution >= 0.6 is 0 Å². The molecule has 2 saturated heterocycles. The predicted octanol–water partition coefficient (Wildman–Crippen LogP) is 4.51. The molecule has 64 heavy (non-hydrogen) atoms. The van der Waals surface area contributed by atoms with Crippen molar-refractivity contribution in [2.24, 2.45) is 23.2 Å². The first-order chi connectivity index (χ1) is 30.7. The number of hydrogen-bond donors (Lipinski definition) is 1. The van der Waals surface area contributed by atoms with Crippen LogP contribution in [0, 0.1) is 165 Å². The van der Waals surface area contributed by atoms with Gasteiger partial charge in [0.15, 0.2) is 12.1 Å². The van der Waals surface area contributed by atoms with Crippen LogP contribution in [0.25, 0.3) is 0 Å². The molecule has 9 nitrogen and oxygen atoms in total. The lowest BCUT2D eigenvalue weighted by molar-refractivity contribution is -0.260. The molecular weight excluding hydrogens is 803 g/mol. The highest BCUT2D eigenvalue weighted by atomic mass is 16.8. The normalized spacial score (nSPS) is 20.9. The van der Waals surface area contributed by atoms with Crippen molar-refractivity contribution in [2.45, 2.75) is 105 Å². The lowest BCUT2D eigenvalue weighted by atomic mass is 9.79. The second-order valence-electron chi connectivity index (χ2n) is 15.6. The molecule has 1 amide bonds. The van der Waals surface area contributed by atoms with Crippen LogP contribution in [0.3, 0.4) is 0 Å². The van der Waals surface area contributed by atoms with Crippen molar-refractivity contribution >= 4 is 11.9 Å². The first kappa shape index (κ1) is 51.0. The van der Waals surface area contributed by atoms with Gasteiger partial charge in [-0.15, -0.1) is 0 Å². The third-order valence-corrected chi connectivity index (χ3v) is 9.36. The molecule has 0 aliphatic carbocycles. The molecule has 0 aromatic heterocycles. The van der Waals surface area contributed by atoms with Crippen LogP contribution in [0.15, 0.2) is 30.3 Å². The maximum Gasteiger partial charge on any atom is 0.311 e. The van der Waals surface area contributed by atoms with E-state index < -0.39 is 47.6 Å². The van der Waals surface area contributed by atoms with Gasteiger partial charge in [-0.3, -0.25) is 9.59 Å². The molecule has 2 heterocycles. The van der Waals surface area contributed by atoms with Crippen molar-refractivity contribution in [3.63, 3.8) is 0 Å². The van der Waals surface area contributed by atoms with Crippen molar-refractivity contribution in [3.05, 3.63) is 35.9 Å². The number of carbonyl (C=O) groups is 2. The summed E-state index contributed by atoms with van der Waals surface area (Å²) in [7, 11) is 0. The molecular formula is C55H49NO8. The Hall–Kier alpha value is -7.32. The van der Waals surface area contributed by atoms with Gasteiger partial charge in [-0.25, -0.2) is 0 Å². The number of nitrogens with one attached hydrogen (secondary N) is 1. The van der Waals surface area contributed by atoms with Gasteiger partial charge >= 0.3 is 5.97 Å². The van der Waals surface area contributed by atoms with Crippen LogP contribution in [0.5, 0.6) is 0 Å². The zero-order valence-electron chi connectivity index (χ0n) is 37.6. The molecule has 1 aromatic carbocycles. The van der Waals surface area contributed by atoms with Crippen LogP contribution < -0.4 is 5.32 Å². The first-order valence-corrected chi connectivity index (χ1v) is 20.4. The third-order valence-electron chi connectivity index (χ3n) is 9.36. The number of benzene rings is 1. The fourth-order valence-electron chi connectivity index (χ4n) is 5.84. The quantitative estimate of drug-likeness (QED) is 0.257. The van der Waals surface area contributed by atoms with E-state index in [2.05, 4.69) is 168 Å². The largest absolute Gasteiger partial charge is 0.462 e. The Morgan fingerprint density at radius 2 is 1.17 bits per heavy atom. The van der Waals surface area contributed by atoms with Gasteiger partial charge in [0.05, 0.1) is 37.4 Å². The van der Waals surface area contributed by atoms with E-state index >= 15 is 0 Å². The standard InChI is InChI=1S/C55H49NO8/c1-10-11-12-13-14-15-16-17-18-19-20-21-22-23-24-25-26-27-28-29-30-31-35-38-50(57)56-47(51-49(63-55(8,9)64-51)42-61-53(58)54(5,6)7)40-60-52-45(4)43(2)44(3)48(62-52)41-59-39-46-36-33-32-34-37-46/h32-34,36-37,43-45,47-49,51-52H,39-42H2,1-9H3,(H,56,57)/t43?,44?,45?,47-,48?,49+,51-,52?/m0/s1. The maximum atomic E-state index is 13.2. The highest BCUT2D eigenvalue weighted by Gasteiger charge is 2.47. The molecule has 0 spiro atoms. The lowest BCUT2D eigenvalue weighted by Gasteiger charge is -2.43. The van der Waals surface area contributed by atoms with E-state index in [4.69, 9.17) is 28.4 Å². The zero-order chi connectivity index (χ0) is 46.6. The summed E-state index contributed by atoms with van der Waals surface area (Å²) in [6.45, 7) is 17.6. The van der Waals surface area contributed by atoms with Gasteiger partial charge in [-0.05, 0) is 154 Å². The molecule has 9 heteroatoms. The SMILES string of the molecule is CC#CC#CC#CC#CC#CC#CC#CC#CC#CC#CC#CC#CC(=O)N[C@@H](COC1OC(COCc2ccccc2)C(C)C(C)C1C)[C@@H]1OC(C)(C)O[C@@H]1COC(=O)C(C)(C)C. The van der Waals surface area contributed by atoms with Gasteiger partial charge in [0.25, 0.3) is 5.91 Å². The topological polar surface area (TPSA) is 102 Å². The van der Waals surface area contributed by atoms with E-state index in [1.54, 1.807) is 41.5 Å². The van der Waals surface area contributed by atoms with Crippen molar-refractivity contribution in [3.8, 4) is 142 Å². The van der Waals surface area contributed by atoms with Gasteiger partial charge in [0, 0.05) is 47.4 Å². The molecule has 0 bridgehead atoms. The summed E-state index contributed by atoms with van der Waals surface area (Å²) in [5, 5.41) is 2.90. The van der Waals surface area contributed by atoms with Gasteiger partial charge in [-0.1, -0.05) is 57.0 Å². The lowest BCUT2D eigenvalue weighted by Crippen LogP contribution is -2.53. The number of ether oxygens (including phenoxy) is 6. The molecule has 2 aliphatic rings. The van der Waals surface area contributed by atoms with Gasteiger partial charge in [0.2, 0.25) is 0 Å². The molecule has 5 unspecified atom stereocenters. The molecule has 1 aromatic rings. The van der Waals surface area contributed by atoms with Crippen molar-refractivity contribution in [2.75, 3.05) is 19.8 Å². The van der Waals surface area contributed by atoms with Gasteiger partial charge < -0.3 is 33.7 Å². The summed E-state index contributed by atoms with van der Waals surface area (Å²) >= 11 is 0. The molecule has 2 aliphatic heterocycles. The average molecular weight is 852 g/mol. The predicted molar refractivity (Wildman–Crippen MR) is 243 cm³/mol. The van der Waals surface area contributed by atoms with Crippen LogP contribution in [-0.4, -0.2) is 68.1 Å². The van der Waals surface area contributed by atoms with Crippen LogP contribution in [-0.2, 0) is 44.6 Å². The highest BCUT2D eigenvalue weighted by Crippen LogP contribution is 2.37. The average Bonchev–Trinajstić information content (AvgIpc) is 3.58. The summed E-state index contributed by atoms with van der Waals surface area (Å²) < 4.78 is 37.1. The van der Waals surface area contributed by atoms with Crippen molar-refractivity contribution in [1.29, 1.82) is 0 Å². The summed E-state index contributed by atoms with van der Waals surface area (Å²) in [6, 6.07) is 9.15. The van der Waals surface area contributed by atoms with E-state index in [0.29, 0.717) is 13.2 Å². The second-order valence-corrected chi connectivity index (χ2v) is 15.6. The van der Waals surface area contributed by atoms with E-state index in [-0.39, 0.29) is 37.1 Å². The maximum absolute atomic E-state index is 13.2. The highest BCUT2D eigenvalue weighted by molar-refractivity contribution is 5.94. The van der Waals surface area contributed by atoms with Gasteiger partial charge in [0.1, 0.15) is 18.8 Å². The Kier molecular flexibility index (Phi) is 22.0. The molecule has 0 saturated carbocycles. The second kappa shape index (κ2) is 27.6. The van der Waals surface area contributed by atoms with E-state index in [1.807, 2.05) is 30.3 Å². The summed E-state index contributed by atoms with van der Waals surface area (Å²) in [5.41, 5.74) is 0.340. The van der Waals surface area contributed by atoms with E-state index in [9.17, 15) is 9.59 Å². The number of hydrogen-bond acceptors (Lipinski definition) is 8. The van der Waals surface area contributed by atoms with Crippen LogP contribution in [0.4, 0.5) is 0 Å². The molecule has 3 rings (SSSR count). The molecule has 0 radical (unpaired) electrons.